The van der Waals surface area contributed by atoms with Gasteiger partial charge in [0.15, 0.2) is 0 Å². The molecule has 2 aliphatic heterocycles. The lowest BCUT2D eigenvalue weighted by Crippen LogP contribution is -2.53. The summed E-state index contributed by atoms with van der Waals surface area (Å²) in [4.78, 5) is 23.1. The van der Waals surface area contributed by atoms with Crippen LogP contribution in [0.3, 0.4) is 0 Å². The first-order chi connectivity index (χ1) is 16.3. The first kappa shape index (κ1) is 29.1. The van der Waals surface area contributed by atoms with Crippen molar-refractivity contribution in [2.24, 2.45) is 5.84 Å². The first-order valence-corrected chi connectivity index (χ1v) is 13.1. The highest BCUT2D eigenvalue weighted by molar-refractivity contribution is 7.99. The lowest BCUT2D eigenvalue weighted by molar-refractivity contribution is -0.192. The molecule has 1 aromatic rings. The van der Waals surface area contributed by atoms with Crippen molar-refractivity contribution in [2.75, 3.05) is 31.3 Å². The third-order valence-electron chi connectivity index (χ3n) is 5.26. The molecule has 2 heterocycles. The fourth-order valence-corrected chi connectivity index (χ4v) is 6.04. The monoisotopic (exact) mass is 557 g/mol. The Bertz CT molecular complexity index is 1040. The van der Waals surface area contributed by atoms with Gasteiger partial charge in [0.05, 0.1) is 23.4 Å². The number of hydrazine groups is 1. The number of alkyl halides is 3. The molecule has 1 atom stereocenters. The second-order valence-corrected chi connectivity index (χ2v) is 10.9. The van der Waals surface area contributed by atoms with E-state index in [1.807, 2.05) is 0 Å². The maximum absolute atomic E-state index is 12.7. The lowest BCUT2D eigenvalue weighted by atomic mass is 10.1. The number of hydrogen-bond donors (Lipinski definition) is 2. The molecular formula is C19H23ClF3N5O5S2. The number of aliphatic carboxylic acids is 1. The number of piperidine rings is 1. The van der Waals surface area contributed by atoms with Gasteiger partial charge in [-0.05, 0) is 37.1 Å². The van der Waals surface area contributed by atoms with Crippen molar-refractivity contribution < 1.29 is 36.3 Å². The van der Waals surface area contributed by atoms with Gasteiger partial charge in [0, 0.05) is 29.9 Å². The summed E-state index contributed by atoms with van der Waals surface area (Å²) in [7, 11) is -3.57. The highest BCUT2D eigenvalue weighted by Gasteiger charge is 2.38. The van der Waals surface area contributed by atoms with Crippen molar-refractivity contribution in [3.05, 3.63) is 29.3 Å². The minimum Gasteiger partial charge on any atom is -0.475 e. The predicted molar refractivity (Wildman–Crippen MR) is 121 cm³/mol. The molecule has 0 spiro atoms. The normalized spacial score (nSPS) is 19.7. The van der Waals surface area contributed by atoms with Crippen molar-refractivity contribution in [1.82, 2.24) is 14.2 Å². The van der Waals surface area contributed by atoms with Crippen LogP contribution in [0.4, 0.5) is 13.2 Å². The third kappa shape index (κ3) is 7.95. The van der Waals surface area contributed by atoms with Gasteiger partial charge in [-0.2, -0.15) is 22.7 Å². The van der Waals surface area contributed by atoms with E-state index in [9.17, 15) is 26.4 Å². The molecule has 2 fully saturated rings. The zero-order valence-electron chi connectivity index (χ0n) is 18.2. The quantitative estimate of drug-likeness (QED) is 0.408. The van der Waals surface area contributed by atoms with E-state index >= 15 is 0 Å². The van der Waals surface area contributed by atoms with Gasteiger partial charge in [-0.1, -0.05) is 11.6 Å². The lowest BCUT2D eigenvalue weighted by Gasteiger charge is -2.36. The van der Waals surface area contributed by atoms with Crippen molar-refractivity contribution >= 4 is 45.3 Å². The number of hydrogen-bond acceptors (Lipinski definition) is 8. The molecular weight excluding hydrogens is 535 g/mol. The number of carboxylic acid groups (broad SMARTS) is 1. The average molecular weight is 558 g/mol. The second-order valence-electron chi connectivity index (χ2n) is 7.57. The SMILES string of the molecule is N#CC1CSCN1C(=O)CN(N)C1CCN(S(=O)(=O)c2ccc(Cl)cc2)CC1.O=C(O)C(F)(F)F. The number of carbonyl (C=O) groups is 2. The van der Waals surface area contributed by atoms with Gasteiger partial charge in [0.2, 0.25) is 15.9 Å². The summed E-state index contributed by atoms with van der Waals surface area (Å²) in [5.41, 5.74) is 0. The number of thioether (sulfide) groups is 1. The van der Waals surface area contributed by atoms with E-state index in [1.165, 1.54) is 21.4 Å². The van der Waals surface area contributed by atoms with Crippen LogP contribution < -0.4 is 5.84 Å². The molecule has 1 amide bonds. The molecule has 0 aromatic heterocycles. The summed E-state index contributed by atoms with van der Waals surface area (Å²) >= 11 is 7.38. The molecule has 1 aromatic carbocycles. The number of carbonyl (C=O) groups excluding carboxylic acids is 1. The first-order valence-electron chi connectivity index (χ1n) is 10.1. The molecule has 0 aliphatic carbocycles. The predicted octanol–water partition coefficient (Wildman–Crippen LogP) is 1.73. The maximum Gasteiger partial charge on any atom is 0.490 e. The molecule has 2 aliphatic rings. The summed E-state index contributed by atoms with van der Waals surface area (Å²) in [5.74, 6) is 4.29. The van der Waals surface area contributed by atoms with Crippen LogP contribution in [0, 0.1) is 11.3 Å². The van der Waals surface area contributed by atoms with Crippen LogP contribution in [0.2, 0.25) is 5.02 Å². The van der Waals surface area contributed by atoms with Crippen LogP contribution >= 0.6 is 23.4 Å². The van der Waals surface area contributed by atoms with Crippen molar-refractivity contribution in [1.29, 1.82) is 5.26 Å². The van der Waals surface area contributed by atoms with Gasteiger partial charge in [-0.15, -0.1) is 11.8 Å². The number of carboxylic acids is 1. The Hall–Kier alpha value is -2.09. The van der Waals surface area contributed by atoms with Crippen LogP contribution in [-0.4, -0.2) is 89.1 Å². The standard InChI is InChI=1S/C17H22ClN5O3S2.C2HF3O2/c18-13-1-3-16(4-2-13)28(25,26)21-7-5-14(6-8-21)23(20)10-17(24)22-12-27-11-15(22)9-19;3-2(4,5)1(6)7/h1-4,14-15H,5-8,10-12,20H2;(H,6,7). The van der Waals surface area contributed by atoms with Gasteiger partial charge >= 0.3 is 12.1 Å². The van der Waals surface area contributed by atoms with Crippen LogP contribution in [-0.2, 0) is 19.6 Å². The minimum atomic E-state index is -5.08. The molecule has 194 valence electrons. The van der Waals surface area contributed by atoms with Crippen molar-refractivity contribution in [3.63, 3.8) is 0 Å². The summed E-state index contributed by atoms with van der Waals surface area (Å²) < 4.78 is 58.7. The molecule has 2 saturated heterocycles. The molecule has 0 saturated carbocycles. The second kappa shape index (κ2) is 12.2. The molecule has 10 nitrogen and oxygen atoms in total. The Balaban J connectivity index is 0.000000540. The topological polar surface area (TPSA) is 148 Å². The summed E-state index contributed by atoms with van der Waals surface area (Å²) in [6.45, 7) is 0.684. The average Bonchev–Trinajstić information content (AvgIpc) is 3.28. The summed E-state index contributed by atoms with van der Waals surface area (Å²) in [6, 6.07) is 7.75. The van der Waals surface area contributed by atoms with E-state index in [0.717, 1.165) is 0 Å². The Morgan fingerprint density at radius 1 is 1.26 bits per heavy atom. The molecule has 16 heteroatoms. The molecule has 0 radical (unpaired) electrons. The van der Waals surface area contributed by atoms with Gasteiger partial charge in [-0.25, -0.2) is 18.2 Å². The molecule has 1 unspecified atom stereocenters. The van der Waals surface area contributed by atoms with Crippen LogP contribution in [0.25, 0.3) is 0 Å². The van der Waals surface area contributed by atoms with E-state index in [4.69, 9.17) is 32.6 Å². The maximum atomic E-state index is 12.7. The fraction of sp³-hybridized carbons (Fsp3) is 0.526. The molecule has 3 N–H and O–H groups in total. The molecule has 0 bridgehead atoms. The number of nitrogens with two attached hydrogens (primary N) is 1. The largest absolute Gasteiger partial charge is 0.490 e. The van der Waals surface area contributed by atoms with E-state index in [0.29, 0.717) is 42.6 Å². The molecule has 3 rings (SSSR count). The Morgan fingerprint density at radius 2 is 1.80 bits per heavy atom. The Labute approximate surface area is 209 Å². The van der Waals surface area contributed by atoms with Crippen molar-refractivity contribution in [2.45, 2.75) is 36.0 Å². The number of amides is 1. The summed E-state index contributed by atoms with van der Waals surface area (Å²) in [5, 5.41) is 18.2. The third-order valence-corrected chi connectivity index (χ3v) is 8.43. The fourth-order valence-electron chi connectivity index (χ4n) is 3.34. The van der Waals surface area contributed by atoms with Crippen LogP contribution in [0.15, 0.2) is 29.2 Å². The van der Waals surface area contributed by atoms with Crippen molar-refractivity contribution in [3.8, 4) is 6.07 Å². The zero-order valence-corrected chi connectivity index (χ0v) is 20.6. The number of rotatable bonds is 5. The smallest absolute Gasteiger partial charge is 0.475 e. The van der Waals surface area contributed by atoms with Gasteiger partial charge in [-0.3, -0.25) is 10.6 Å². The Morgan fingerprint density at radius 3 is 2.29 bits per heavy atom. The number of benzene rings is 1. The van der Waals surface area contributed by atoms with E-state index < -0.39 is 28.2 Å². The molecule has 35 heavy (non-hydrogen) atoms. The minimum absolute atomic E-state index is 0.0212. The van der Waals surface area contributed by atoms with Gasteiger partial charge in [0.25, 0.3) is 0 Å². The zero-order chi connectivity index (χ0) is 26.4. The van der Waals surface area contributed by atoms with E-state index in [1.54, 1.807) is 28.8 Å². The number of nitrogens with zero attached hydrogens (tertiary/aromatic N) is 4. The highest BCUT2D eigenvalue weighted by atomic mass is 35.5. The van der Waals surface area contributed by atoms with E-state index in [2.05, 4.69) is 6.07 Å². The van der Waals surface area contributed by atoms with Gasteiger partial charge < -0.3 is 10.0 Å². The number of halogens is 4. The van der Waals surface area contributed by atoms with Crippen LogP contribution in [0.5, 0.6) is 0 Å². The van der Waals surface area contributed by atoms with E-state index in [-0.39, 0.29) is 23.4 Å². The van der Waals surface area contributed by atoms with Crippen LogP contribution in [0.1, 0.15) is 12.8 Å². The number of sulfonamides is 1. The van der Waals surface area contributed by atoms with Gasteiger partial charge in [0.1, 0.15) is 6.04 Å². The Kier molecular flexibility index (Phi) is 10.2. The highest BCUT2D eigenvalue weighted by Crippen LogP contribution is 2.24. The summed E-state index contributed by atoms with van der Waals surface area (Å²) in [6.07, 6.45) is -4.01. The number of nitriles is 1.